The zero-order chi connectivity index (χ0) is 19.7. The van der Waals surface area contributed by atoms with Gasteiger partial charge >= 0.3 is 18.2 Å². The molecule has 148 valence electrons. The minimum absolute atomic E-state index is 0.121. The monoisotopic (exact) mass is 379 g/mol. The van der Waals surface area contributed by atoms with Gasteiger partial charge in [-0.25, -0.2) is 9.69 Å². The number of rotatable bonds is 5. The van der Waals surface area contributed by atoms with Gasteiger partial charge in [0, 0.05) is 0 Å². The molecule has 10 heteroatoms. The fraction of sp³-hybridized carbons (Fsp3) is 0.812. The smallest absolute Gasteiger partial charge is 0.401 e. The second-order valence-corrected chi connectivity index (χ2v) is 7.09. The van der Waals surface area contributed by atoms with Gasteiger partial charge in [0.15, 0.2) is 0 Å². The molecule has 0 aromatic rings. The Bertz CT molecular complexity index is 572. The Kier molecular flexibility index (Phi) is 5.84. The first-order valence-electron chi connectivity index (χ1n) is 8.51. The van der Waals surface area contributed by atoms with E-state index in [1.807, 2.05) is 13.8 Å². The highest BCUT2D eigenvalue weighted by Gasteiger charge is 2.58. The van der Waals surface area contributed by atoms with Crippen LogP contribution in [0.15, 0.2) is 0 Å². The summed E-state index contributed by atoms with van der Waals surface area (Å²) in [5.41, 5.74) is -1.09. The van der Waals surface area contributed by atoms with E-state index in [0.29, 0.717) is 4.90 Å². The average molecular weight is 379 g/mol. The Morgan fingerprint density at radius 1 is 1.31 bits per heavy atom. The van der Waals surface area contributed by atoms with Crippen LogP contribution in [-0.4, -0.2) is 66.3 Å². The third kappa shape index (κ3) is 3.94. The molecule has 0 radical (unpaired) electrons. The van der Waals surface area contributed by atoms with Crippen LogP contribution in [0.25, 0.3) is 0 Å². The van der Waals surface area contributed by atoms with Gasteiger partial charge in [-0.05, 0) is 24.7 Å². The number of ether oxygens (including phenoxy) is 1. The number of carbonyl (C=O) groups is 3. The minimum atomic E-state index is -4.59. The van der Waals surface area contributed by atoms with Crippen molar-refractivity contribution in [1.29, 1.82) is 0 Å². The number of nitrogens with one attached hydrogen (secondary N) is 1. The van der Waals surface area contributed by atoms with Gasteiger partial charge in [-0.15, -0.1) is 0 Å². The minimum Gasteiger partial charge on any atom is -0.468 e. The third-order valence-electron chi connectivity index (χ3n) is 5.31. The molecule has 0 aromatic carbocycles. The molecule has 0 unspecified atom stereocenters. The SMILES string of the molecule is COC(=O)CN(CN1C(=O)NC2(C1=O)[C@@H](C)CCC[C@@H]2C)CC(F)(F)F. The molecule has 1 saturated heterocycles. The molecule has 7 nitrogen and oxygen atoms in total. The number of hydrogen-bond donors (Lipinski definition) is 1. The van der Waals surface area contributed by atoms with E-state index >= 15 is 0 Å². The molecule has 0 aromatic heterocycles. The fourth-order valence-corrected chi connectivity index (χ4v) is 3.94. The zero-order valence-corrected chi connectivity index (χ0v) is 15.1. The number of imide groups is 1. The van der Waals surface area contributed by atoms with Gasteiger partial charge < -0.3 is 10.1 Å². The van der Waals surface area contributed by atoms with Crippen molar-refractivity contribution in [2.75, 3.05) is 26.9 Å². The van der Waals surface area contributed by atoms with E-state index in [1.54, 1.807) is 0 Å². The lowest BCUT2D eigenvalue weighted by molar-refractivity contribution is -0.161. The van der Waals surface area contributed by atoms with Crippen LogP contribution < -0.4 is 5.32 Å². The van der Waals surface area contributed by atoms with E-state index in [4.69, 9.17) is 0 Å². The second-order valence-electron chi connectivity index (χ2n) is 7.09. The first kappa shape index (κ1) is 20.5. The number of methoxy groups -OCH3 is 1. The number of amides is 3. The van der Waals surface area contributed by atoms with Crippen LogP contribution >= 0.6 is 0 Å². The first-order chi connectivity index (χ1) is 12.0. The molecule has 1 aliphatic carbocycles. The van der Waals surface area contributed by atoms with E-state index in [0.717, 1.165) is 31.3 Å². The summed E-state index contributed by atoms with van der Waals surface area (Å²) in [5, 5.41) is 2.72. The van der Waals surface area contributed by atoms with Gasteiger partial charge in [-0.3, -0.25) is 14.5 Å². The van der Waals surface area contributed by atoms with Crippen LogP contribution in [-0.2, 0) is 14.3 Å². The molecule has 1 N–H and O–H groups in total. The molecule has 2 atom stereocenters. The predicted molar refractivity (Wildman–Crippen MR) is 84.8 cm³/mol. The van der Waals surface area contributed by atoms with Gasteiger partial charge in [-0.1, -0.05) is 20.3 Å². The summed E-state index contributed by atoms with van der Waals surface area (Å²) in [6.07, 6.45) is -2.16. The van der Waals surface area contributed by atoms with Gasteiger partial charge in [0.1, 0.15) is 5.54 Å². The number of hydrogen-bond acceptors (Lipinski definition) is 5. The molecule has 1 heterocycles. The Morgan fingerprint density at radius 3 is 2.38 bits per heavy atom. The van der Waals surface area contributed by atoms with Crippen molar-refractivity contribution < 1.29 is 32.3 Å². The molecule has 3 amide bonds. The second kappa shape index (κ2) is 7.42. The van der Waals surface area contributed by atoms with E-state index < -0.39 is 49.4 Å². The van der Waals surface area contributed by atoms with Crippen LogP contribution in [0.2, 0.25) is 0 Å². The molecule has 1 saturated carbocycles. The van der Waals surface area contributed by atoms with Gasteiger partial charge in [0.25, 0.3) is 5.91 Å². The highest BCUT2D eigenvalue weighted by Crippen LogP contribution is 2.42. The van der Waals surface area contributed by atoms with Crippen molar-refractivity contribution in [3.63, 3.8) is 0 Å². The van der Waals surface area contributed by atoms with E-state index in [1.165, 1.54) is 0 Å². The van der Waals surface area contributed by atoms with E-state index in [9.17, 15) is 27.6 Å². The Balaban J connectivity index is 2.21. The maximum atomic E-state index is 13.0. The lowest BCUT2D eigenvalue weighted by Gasteiger charge is -2.42. The van der Waals surface area contributed by atoms with Gasteiger partial charge in [0.05, 0.1) is 26.9 Å². The molecule has 26 heavy (non-hydrogen) atoms. The van der Waals surface area contributed by atoms with Gasteiger partial charge in [0.2, 0.25) is 0 Å². The predicted octanol–water partition coefficient (Wildman–Crippen LogP) is 1.73. The van der Waals surface area contributed by atoms with Crippen LogP contribution in [0.5, 0.6) is 0 Å². The molecule has 2 fully saturated rings. The van der Waals surface area contributed by atoms with E-state index in [2.05, 4.69) is 10.1 Å². The summed E-state index contributed by atoms with van der Waals surface area (Å²) in [7, 11) is 1.06. The Morgan fingerprint density at radius 2 is 1.88 bits per heavy atom. The van der Waals surface area contributed by atoms with E-state index in [-0.39, 0.29) is 11.8 Å². The summed E-state index contributed by atoms with van der Waals surface area (Å²) < 4.78 is 42.8. The van der Waals surface area contributed by atoms with Crippen molar-refractivity contribution in [3.05, 3.63) is 0 Å². The van der Waals surface area contributed by atoms with Crippen molar-refractivity contribution in [2.45, 2.75) is 44.8 Å². The third-order valence-corrected chi connectivity index (χ3v) is 5.31. The Labute approximate surface area is 149 Å². The number of nitrogens with zero attached hydrogens (tertiary/aromatic N) is 2. The van der Waals surface area contributed by atoms with Crippen LogP contribution in [0.4, 0.5) is 18.0 Å². The summed E-state index contributed by atoms with van der Waals surface area (Å²) in [4.78, 5) is 38.2. The average Bonchev–Trinajstić information content (AvgIpc) is 2.77. The highest BCUT2D eigenvalue weighted by molar-refractivity contribution is 6.07. The Hall–Kier alpha value is -1.84. The standard InChI is InChI=1S/C16H24F3N3O4/c1-10-5-4-6-11(2)16(10)13(24)22(14(25)20-16)9-21(7-12(23)26-3)8-15(17,18)19/h10-11H,4-9H2,1-3H3,(H,20,25)/t10-,11-/m0/s1. The van der Waals surface area contributed by atoms with Crippen LogP contribution in [0.3, 0.4) is 0 Å². The van der Waals surface area contributed by atoms with Crippen LogP contribution in [0, 0.1) is 11.8 Å². The first-order valence-corrected chi connectivity index (χ1v) is 8.51. The number of alkyl halides is 3. The van der Waals surface area contributed by atoms with Crippen molar-refractivity contribution in [1.82, 2.24) is 15.1 Å². The number of urea groups is 1. The molecule has 2 rings (SSSR count). The quantitative estimate of drug-likeness (QED) is 0.581. The molecule has 2 aliphatic rings. The van der Waals surface area contributed by atoms with Crippen molar-refractivity contribution >= 4 is 17.9 Å². The molecule has 0 bridgehead atoms. The lowest BCUT2D eigenvalue weighted by Crippen LogP contribution is -2.59. The summed E-state index contributed by atoms with van der Waals surface area (Å²) >= 11 is 0. The zero-order valence-electron chi connectivity index (χ0n) is 15.1. The number of halogens is 3. The molecular weight excluding hydrogens is 355 g/mol. The van der Waals surface area contributed by atoms with Crippen molar-refractivity contribution in [3.8, 4) is 0 Å². The summed E-state index contributed by atoms with van der Waals surface area (Å²) in [6, 6.07) is -0.729. The van der Waals surface area contributed by atoms with Crippen LogP contribution in [0.1, 0.15) is 33.1 Å². The number of carbonyl (C=O) groups excluding carboxylic acids is 3. The molecular formula is C16H24F3N3O4. The number of esters is 1. The van der Waals surface area contributed by atoms with Crippen molar-refractivity contribution in [2.24, 2.45) is 11.8 Å². The highest BCUT2D eigenvalue weighted by atomic mass is 19.4. The maximum Gasteiger partial charge on any atom is 0.401 e. The lowest BCUT2D eigenvalue weighted by atomic mass is 9.67. The maximum absolute atomic E-state index is 13.0. The normalized spacial score (nSPS) is 25.7. The fourth-order valence-electron chi connectivity index (χ4n) is 3.94. The largest absolute Gasteiger partial charge is 0.468 e. The summed E-state index contributed by atoms with van der Waals surface area (Å²) in [5.74, 6) is -1.65. The molecule has 1 spiro atoms. The van der Waals surface area contributed by atoms with Gasteiger partial charge in [-0.2, -0.15) is 13.2 Å². The summed E-state index contributed by atoms with van der Waals surface area (Å²) in [6.45, 7) is 0.988. The molecule has 1 aliphatic heterocycles. The topological polar surface area (TPSA) is 79.0 Å².